The van der Waals surface area contributed by atoms with Crippen LogP contribution in [0.2, 0.25) is 0 Å². The third-order valence-corrected chi connectivity index (χ3v) is 0.891. The van der Waals surface area contributed by atoms with Crippen molar-refractivity contribution in [1.82, 2.24) is 10.6 Å². The Hall–Kier alpha value is -1.06. The lowest BCUT2D eigenvalue weighted by atomic mass is 10.3. The van der Waals surface area contributed by atoms with E-state index in [9.17, 15) is 9.59 Å². The van der Waals surface area contributed by atoms with E-state index in [1.807, 2.05) is 13.8 Å². The number of nitrogens with one attached hydrogen (secondary N) is 2. The smallest absolute Gasteiger partial charge is 0.321 e. The number of imide groups is 1. The number of rotatable bonds is 0. The molecule has 1 rings (SSSR count). The van der Waals surface area contributed by atoms with Gasteiger partial charge in [-0.15, -0.1) is 0 Å². The minimum atomic E-state index is -0.388. The molecule has 1 aliphatic rings. The Bertz CT molecular complexity index is 120. The highest BCUT2D eigenvalue weighted by Crippen LogP contribution is 1.82. The van der Waals surface area contributed by atoms with Crippen LogP contribution in [0.4, 0.5) is 4.79 Å². The summed E-state index contributed by atoms with van der Waals surface area (Å²) in [6.45, 7) is 4.46. The van der Waals surface area contributed by atoms with Gasteiger partial charge in [0.25, 0.3) is 0 Å². The van der Waals surface area contributed by atoms with E-state index in [1.54, 1.807) is 0 Å². The van der Waals surface area contributed by atoms with Crippen LogP contribution in [0.5, 0.6) is 0 Å². The molecule has 1 aliphatic heterocycles. The van der Waals surface area contributed by atoms with E-state index in [-0.39, 0.29) is 11.9 Å². The molecular weight excluding hydrogens is 132 g/mol. The van der Waals surface area contributed by atoms with Crippen LogP contribution in [0.25, 0.3) is 0 Å². The van der Waals surface area contributed by atoms with Gasteiger partial charge in [-0.05, 0) is 0 Å². The van der Waals surface area contributed by atoms with Crippen molar-refractivity contribution >= 4 is 11.9 Å². The van der Waals surface area contributed by atoms with Gasteiger partial charge in [0.1, 0.15) is 0 Å². The Morgan fingerprint density at radius 2 is 1.90 bits per heavy atom. The van der Waals surface area contributed by atoms with Crippen molar-refractivity contribution in [2.24, 2.45) is 0 Å². The van der Waals surface area contributed by atoms with Gasteiger partial charge in [0.2, 0.25) is 5.91 Å². The molecule has 0 bridgehead atoms. The molecule has 0 aromatic heterocycles. The molecule has 0 aromatic carbocycles. The predicted molar refractivity (Wildman–Crippen MR) is 37.5 cm³/mol. The van der Waals surface area contributed by atoms with E-state index >= 15 is 0 Å². The summed E-state index contributed by atoms with van der Waals surface area (Å²) in [6, 6.07) is -0.388. The highest BCUT2D eigenvalue weighted by atomic mass is 16.2. The zero-order valence-corrected chi connectivity index (χ0v) is 6.23. The molecule has 0 radical (unpaired) electrons. The van der Waals surface area contributed by atoms with E-state index < -0.39 is 0 Å². The predicted octanol–water partition coefficient (Wildman–Crippen LogP) is 0.242. The lowest BCUT2D eigenvalue weighted by Gasteiger charge is -2.10. The number of hydrogen-bond donors (Lipinski definition) is 2. The molecule has 0 aromatic rings. The highest BCUT2D eigenvalue weighted by Gasteiger charge is 2.11. The molecule has 0 spiro atoms. The van der Waals surface area contributed by atoms with Crippen molar-refractivity contribution in [3.63, 3.8) is 0 Å². The Morgan fingerprint density at radius 1 is 1.30 bits per heavy atom. The molecule has 0 aliphatic carbocycles. The second kappa shape index (κ2) is 4.78. The standard InChI is InChI=1S/C4H6N2O2.C2H6/c7-3-1-2-5-4(8)6-3;1-2/h1-2H2,(H2,5,6,7,8);1-2H3. The first-order valence-electron chi connectivity index (χ1n) is 3.37. The summed E-state index contributed by atoms with van der Waals surface area (Å²) in [5.74, 6) is -0.200. The zero-order valence-electron chi connectivity index (χ0n) is 6.23. The average Bonchev–Trinajstić information content (AvgIpc) is 1.91. The molecular formula is C6H12N2O2. The van der Waals surface area contributed by atoms with Gasteiger partial charge in [-0.25, -0.2) is 4.79 Å². The van der Waals surface area contributed by atoms with Crippen molar-refractivity contribution in [2.75, 3.05) is 6.54 Å². The van der Waals surface area contributed by atoms with Gasteiger partial charge in [0, 0.05) is 13.0 Å². The molecule has 1 saturated heterocycles. The van der Waals surface area contributed by atoms with E-state index in [0.29, 0.717) is 13.0 Å². The number of amides is 3. The maximum atomic E-state index is 10.3. The normalized spacial score (nSPS) is 16.2. The molecule has 0 unspecified atom stereocenters. The molecule has 3 amide bonds. The zero-order chi connectivity index (χ0) is 7.98. The fourth-order valence-electron chi connectivity index (χ4n) is 0.523. The quantitative estimate of drug-likeness (QED) is 0.511. The second-order valence-corrected chi connectivity index (χ2v) is 1.55. The van der Waals surface area contributed by atoms with Gasteiger partial charge in [0.15, 0.2) is 0 Å². The van der Waals surface area contributed by atoms with Crippen molar-refractivity contribution in [3.05, 3.63) is 0 Å². The van der Waals surface area contributed by atoms with Crippen LogP contribution in [0.3, 0.4) is 0 Å². The molecule has 10 heavy (non-hydrogen) atoms. The van der Waals surface area contributed by atoms with Gasteiger partial charge in [-0.2, -0.15) is 0 Å². The van der Waals surface area contributed by atoms with Crippen LogP contribution in [-0.4, -0.2) is 18.5 Å². The first kappa shape index (κ1) is 8.94. The van der Waals surface area contributed by atoms with Crippen LogP contribution in [0, 0.1) is 0 Å². The van der Waals surface area contributed by atoms with Crippen LogP contribution in [-0.2, 0) is 4.79 Å². The summed E-state index contributed by atoms with van der Waals surface area (Å²) < 4.78 is 0. The van der Waals surface area contributed by atoms with Gasteiger partial charge >= 0.3 is 6.03 Å². The van der Waals surface area contributed by atoms with E-state index in [0.717, 1.165) is 0 Å². The van der Waals surface area contributed by atoms with Crippen LogP contribution >= 0.6 is 0 Å². The largest absolute Gasteiger partial charge is 0.337 e. The van der Waals surface area contributed by atoms with Crippen molar-refractivity contribution < 1.29 is 9.59 Å². The fourth-order valence-corrected chi connectivity index (χ4v) is 0.523. The lowest BCUT2D eigenvalue weighted by Crippen LogP contribution is -2.46. The van der Waals surface area contributed by atoms with Crippen molar-refractivity contribution in [3.8, 4) is 0 Å². The highest BCUT2D eigenvalue weighted by molar-refractivity contribution is 5.96. The summed E-state index contributed by atoms with van der Waals surface area (Å²) in [4.78, 5) is 20.5. The number of urea groups is 1. The Morgan fingerprint density at radius 3 is 2.20 bits per heavy atom. The van der Waals surface area contributed by atoms with Crippen LogP contribution < -0.4 is 10.6 Å². The van der Waals surface area contributed by atoms with E-state index in [4.69, 9.17) is 0 Å². The first-order chi connectivity index (χ1) is 4.79. The summed E-state index contributed by atoms with van der Waals surface area (Å²) >= 11 is 0. The monoisotopic (exact) mass is 144 g/mol. The first-order valence-corrected chi connectivity index (χ1v) is 3.37. The van der Waals surface area contributed by atoms with Gasteiger partial charge < -0.3 is 5.32 Å². The van der Waals surface area contributed by atoms with E-state index in [2.05, 4.69) is 10.6 Å². The third kappa shape index (κ3) is 3.06. The van der Waals surface area contributed by atoms with E-state index in [1.165, 1.54) is 0 Å². The summed E-state index contributed by atoms with van der Waals surface area (Å²) in [6.07, 6.45) is 0.395. The molecule has 1 heterocycles. The molecule has 4 nitrogen and oxygen atoms in total. The van der Waals surface area contributed by atoms with Crippen molar-refractivity contribution in [2.45, 2.75) is 20.3 Å². The van der Waals surface area contributed by atoms with Gasteiger partial charge in [0.05, 0.1) is 0 Å². The summed E-state index contributed by atoms with van der Waals surface area (Å²) in [5.41, 5.74) is 0. The minimum absolute atomic E-state index is 0.200. The Kier molecular flexibility index (Phi) is 4.28. The molecule has 0 saturated carbocycles. The molecule has 58 valence electrons. The minimum Gasteiger partial charge on any atom is -0.337 e. The number of carbonyl (C=O) groups is 2. The molecule has 4 heteroatoms. The molecule has 0 atom stereocenters. The van der Waals surface area contributed by atoms with Gasteiger partial charge in [-0.1, -0.05) is 13.8 Å². The van der Waals surface area contributed by atoms with Gasteiger partial charge in [-0.3, -0.25) is 10.1 Å². The molecule has 1 fully saturated rings. The maximum absolute atomic E-state index is 10.3. The van der Waals surface area contributed by atoms with Crippen molar-refractivity contribution in [1.29, 1.82) is 0 Å². The summed E-state index contributed by atoms with van der Waals surface area (Å²) in [7, 11) is 0. The summed E-state index contributed by atoms with van der Waals surface area (Å²) in [5, 5.41) is 4.53. The topological polar surface area (TPSA) is 58.2 Å². The van der Waals surface area contributed by atoms with Crippen LogP contribution in [0.15, 0.2) is 0 Å². The number of hydrogen-bond acceptors (Lipinski definition) is 2. The lowest BCUT2D eigenvalue weighted by molar-refractivity contribution is -0.120. The average molecular weight is 144 g/mol. The molecule has 2 N–H and O–H groups in total. The Balaban J connectivity index is 0.000000371. The van der Waals surface area contributed by atoms with Crippen LogP contribution in [0.1, 0.15) is 20.3 Å². The second-order valence-electron chi connectivity index (χ2n) is 1.55. The fraction of sp³-hybridized carbons (Fsp3) is 0.667. The maximum Gasteiger partial charge on any atom is 0.321 e. The Labute approximate surface area is 60.0 Å². The number of carbonyl (C=O) groups excluding carboxylic acids is 2. The SMILES string of the molecule is CC.O=C1CCNC(=O)N1. The third-order valence-electron chi connectivity index (χ3n) is 0.891.